The van der Waals surface area contributed by atoms with Crippen molar-refractivity contribution in [3.63, 3.8) is 0 Å². The number of hydrogen-bond donors (Lipinski definition) is 1. The third kappa shape index (κ3) is 3.30. The number of nitrogens with one attached hydrogen (secondary N) is 1. The van der Waals surface area contributed by atoms with Crippen LogP contribution in [0.3, 0.4) is 0 Å². The maximum Gasteiger partial charge on any atom is 0.271 e. The Morgan fingerprint density at radius 3 is 3.08 bits per heavy atom. The van der Waals surface area contributed by atoms with Crippen molar-refractivity contribution in [2.75, 3.05) is 7.11 Å². The Labute approximate surface area is 155 Å². The monoisotopic (exact) mass is 374 g/mol. The normalized spacial score (nSPS) is 17.1. The number of carbonyl (C=O) groups is 1. The molecule has 0 aliphatic carbocycles. The Morgan fingerprint density at radius 1 is 1.35 bits per heavy atom. The first kappa shape index (κ1) is 17.0. The predicted molar refractivity (Wildman–Crippen MR) is 95.1 cm³/mol. The average molecular weight is 375 g/mol. The number of aromatic nitrogens is 5. The molecule has 9 heteroatoms. The smallest absolute Gasteiger partial charge is 0.271 e. The van der Waals surface area contributed by atoms with Gasteiger partial charge < -0.3 is 19.0 Å². The number of ether oxygens (including phenoxy) is 1. The number of fused-ring (bicyclic) bond motifs is 2. The minimum atomic E-state index is -0.176. The lowest BCUT2D eigenvalue weighted by molar-refractivity contribution is 0.0928. The highest BCUT2D eigenvalue weighted by atomic mass is 35.5. The predicted octanol–water partition coefficient (Wildman–Crippen LogP) is 1.86. The van der Waals surface area contributed by atoms with Crippen LogP contribution in [0.4, 0.5) is 0 Å². The van der Waals surface area contributed by atoms with Crippen molar-refractivity contribution in [2.45, 2.75) is 38.5 Å². The summed E-state index contributed by atoms with van der Waals surface area (Å²) in [6.45, 7) is 1.20. The maximum absolute atomic E-state index is 12.6. The standard InChI is InChI=1S/C17H19ClN6O2/c1-26-10-16-22-21-15-5-3-12(6-7-24(15)16)19-17(25)13-9-23-8-11(18)2-4-14(23)20-13/h2,4,8-9,12H,3,5-7,10H2,1H3,(H,19,25). The number of methoxy groups -OCH3 is 1. The molecule has 1 N–H and O–H groups in total. The molecule has 0 saturated carbocycles. The number of imidazole rings is 1. The summed E-state index contributed by atoms with van der Waals surface area (Å²) in [6, 6.07) is 3.60. The van der Waals surface area contributed by atoms with Gasteiger partial charge in [0.25, 0.3) is 5.91 Å². The van der Waals surface area contributed by atoms with E-state index in [2.05, 4.69) is 25.1 Å². The van der Waals surface area contributed by atoms with Gasteiger partial charge in [0.15, 0.2) is 5.82 Å². The molecule has 0 fully saturated rings. The molecular weight excluding hydrogens is 356 g/mol. The summed E-state index contributed by atoms with van der Waals surface area (Å²) < 4.78 is 9.01. The van der Waals surface area contributed by atoms with Gasteiger partial charge in [0.05, 0.1) is 5.02 Å². The molecule has 1 amide bonds. The summed E-state index contributed by atoms with van der Waals surface area (Å²) in [5, 5.41) is 12.1. The van der Waals surface area contributed by atoms with E-state index in [1.807, 2.05) is 0 Å². The highest BCUT2D eigenvalue weighted by Crippen LogP contribution is 2.17. The van der Waals surface area contributed by atoms with Crippen LogP contribution < -0.4 is 5.32 Å². The van der Waals surface area contributed by atoms with Crippen LogP contribution in [0.15, 0.2) is 24.5 Å². The van der Waals surface area contributed by atoms with Gasteiger partial charge in [-0.3, -0.25) is 4.79 Å². The van der Waals surface area contributed by atoms with Crippen LogP contribution in [-0.4, -0.2) is 43.2 Å². The Kier molecular flexibility index (Phi) is 4.60. The summed E-state index contributed by atoms with van der Waals surface area (Å²) in [7, 11) is 1.64. The van der Waals surface area contributed by atoms with Crippen LogP contribution in [0, 0.1) is 0 Å². The van der Waals surface area contributed by atoms with Crippen molar-refractivity contribution < 1.29 is 9.53 Å². The van der Waals surface area contributed by atoms with Crippen LogP contribution in [0.1, 0.15) is 35.0 Å². The SMILES string of the molecule is COCc1nnc2n1CCC(NC(=O)c1cn3cc(Cl)ccc3n1)CC2. The van der Waals surface area contributed by atoms with Gasteiger partial charge in [-0.25, -0.2) is 4.98 Å². The molecular formula is C17H19ClN6O2. The van der Waals surface area contributed by atoms with Crippen molar-refractivity contribution in [3.8, 4) is 0 Å². The second-order valence-electron chi connectivity index (χ2n) is 6.35. The van der Waals surface area contributed by atoms with E-state index < -0.39 is 0 Å². The van der Waals surface area contributed by atoms with Crippen molar-refractivity contribution in [3.05, 3.63) is 46.9 Å². The molecule has 8 nitrogen and oxygen atoms in total. The molecule has 0 radical (unpaired) electrons. The minimum absolute atomic E-state index is 0.0630. The Bertz CT molecular complexity index is 950. The molecule has 1 aliphatic rings. The number of aryl methyl sites for hydroxylation is 1. The molecule has 0 bridgehead atoms. The molecule has 0 spiro atoms. The number of amides is 1. The molecule has 4 heterocycles. The first-order valence-electron chi connectivity index (χ1n) is 8.49. The molecule has 0 aromatic carbocycles. The molecule has 136 valence electrons. The third-order valence-electron chi connectivity index (χ3n) is 4.58. The number of halogens is 1. The Balaban J connectivity index is 1.44. The minimum Gasteiger partial charge on any atom is -0.377 e. The van der Waals surface area contributed by atoms with E-state index in [0.29, 0.717) is 23.0 Å². The zero-order valence-electron chi connectivity index (χ0n) is 14.4. The zero-order chi connectivity index (χ0) is 18.1. The number of pyridine rings is 1. The van der Waals surface area contributed by atoms with Crippen molar-refractivity contribution in [1.82, 2.24) is 29.5 Å². The van der Waals surface area contributed by atoms with Gasteiger partial charge in [0, 0.05) is 38.5 Å². The van der Waals surface area contributed by atoms with E-state index in [4.69, 9.17) is 16.3 Å². The van der Waals surface area contributed by atoms with E-state index in [1.54, 1.807) is 36.0 Å². The van der Waals surface area contributed by atoms with E-state index in [9.17, 15) is 4.79 Å². The summed E-state index contributed by atoms with van der Waals surface area (Å²) in [4.78, 5) is 16.9. The van der Waals surface area contributed by atoms with E-state index in [0.717, 1.165) is 37.5 Å². The number of hydrogen-bond acceptors (Lipinski definition) is 5. The van der Waals surface area contributed by atoms with Gasteiger partial charge in [-0.1, -0.05) is 11.6 Å². The highest BCUT2D eigenvalue weighted by molar-refractivity contribution is 6.30. The Morgan fingerprint density at radius 2 is 2.23 bits per heavy atom. The average Bonchev–Trinajstić information content (AvgIpc) is 3.15. The molecule has 26 heavy (non-hydrogen) atoms. The summed E-state index contributed by atoms with van der Waals surface area (Å²) in [5.41, 5.74) is 1.08. The molecule has 4 rings (SSSR count). The molecule has 0 saturated heterocycles. The van der Waals surface area contributed by atoms with Crippen LogP contribution in [0.5, 0.6) is 0 Å². The Hall–Kier alpha value is -2.45. The fourth-order valence-electron chi connectivity index (χ4n) is 3.26. The maximum atomic E-state index is 12.6. The van der Waals surface area contributed by atoms with Crippen LogP contribution in [0.25, 0.3) is 5.65 Å². The molecule has 3 aromatic rings. The third-order valence-corrected chi connectivity index (χ3v) is 4.80. The summed E-state index contributed by atoms with van der Waals surface area (Å²) >= 11 is 5.98. The van der Waals surface area contributed by atoms with E-state index in [-0.39, 0.29) is 11.9 Å². The van der Waals surface area contributed by atoms with E-state index in [1.165, 1.54) is 0 Å². The van der Waals surface area contributed by atoms with Crippen molar-refractivity contribution >= 4 is 23.2 Å². The van der Waals surface area contributed by atoms with E-state index >= 15 is 0 Å². The van der Waals surface area contributed by atoms with Crippen LogP contribution in [0.2, 0.25) is 5.02 Å². The largest absolute Gasteiger partial charge is 0.377 e. The van der Waals surface area contributed by atoms with Gasteiger partial charge in [-0.2, -0.15) is 0 Å². The molecule has 1 aliphatic heterocycles. The second kappa shape index (κ2) is 7.05. The topological polar surface area (TPSA) is 86.3 Å². The van der Waals surface area contributed by atoms with Gasteiger partial charge in [-0.05, 0) is 25.0 Å². The van der Waals surface area contributed by atoms with Gasteiger partial charge in [0.1, 0.15) is 23.8 Å². The van der Waals surface area contributed by atoms with Gasteiger partial charge in [0.2, 0.25) is 0 Å². The zero-order valence-corrected chi connectivity index (χ0v) is 15.1. The summed E-state index contributed by atoms with van der Waals surface area (Å²) in [5.74, 6) is 1.59. The first-order valence-corrected chi connectivity index (χ1v) is 8.87. The second-order valence-corrected chi connectivity index (χ2v) is 6.79. The van der Waals surface area contributed by atoms with Gasteiger partial charge in [-0.15, -0.1) is 10.2 Å². The quantitative estimate of drug-likeness (QED) is 0.753. The molecule has 3 aromatic heterocycles. The van der Waals surface area contributed by atoms with Crippen LogP contribution >= 0.6 is 11.6 Å². The highest BCUT2D eigenvalue weighted by Gasteiger charge is 2.22. The van der Waals surface area contributed by atoms with Crippen molar-refractivity contribution in [1.29, 1.82) is 0 Å². The lowest BCUT2D eigenvalue weighted by Crippen LogP contribution is -2.35. The van der Waals surface area contributed by atoms with Gasteiger partial charge >= 0.3 is 0 Å². The molecule has 1 unspecified atom stereocenters. The lowest BCUT2D eigenvalue weighted by Gasteiger charge is -2.15. The van der Waals surface area contributed by atoms with Crippen molar-refractivity contribution in [2.24, 2.45) is 0 Å². The number of rotatable bonds is 4. The fraction of sp³-hybridized carbons (Fsp3) is 0.412. The molecule has 1 atom stereocenters. The number of nitrogens with zero attached hydrogens (tertiary/aromatic N) is 5. The lowest BCUT2D eigenvalue weighted by atomic mass is 10.1. The van der Waals surface area contributed by atoms with Crippen LogP contribution in [-0.2, 0) is 24.3 Å². The summed E-state index contributed by atoms with van der Waals surface area (Å²) in [6.07, 6.45) is 5.82. The first-order chi connectivity index (χ1) is 12.6. The fourth-order valence-corrected chi connectivity index (χ4v) is 3.43. The number of carbonyl (C=O) groups excluding carboxylic acids is 1.